The maximum atomic E-state index is 10.7. The Morgan fingerprint density at radius 2 is 2.05 bits per heavy atom. The van der Waals surface area contributed by atoms with Gasteiger partial charge in [0, 0.05) is 27.5 Å². The molecule has 0 heterocycles. The van der Waals surface area contributed by atoms with Crippen LogP contribution in [-0.2, 0) is 0 Å². The predicted molar refractivity (Wildman–Crippen MR) is 88.9 cm³/mol. The third-order valence-corrected chi connectivity index (χ3v) is 4.14. The molecule has 0 saturated heterocycles. The average Bonchev–Trinajstić information content (AvgIpc) is 2.48. The van der Waals surface area contributed by atoms with Crippen molar-refractivity contribution in [2.45, 2.75) is 12.0 Å². The van der Waals surface area contributed by atoms with Crippen LogP contribution in [0.25, 0.3) is 0 Å². The molecule has 0 aliphatic heterocycles. The summed E-state index contributed by atoms with van der Waals surface area (Å²) >= 11 is 9.47. The lowest BCUT2D eigenvalue weighted by Crippen LogP contribution is -2.21. The van der Waals surface area contributed by atoms with Gasteiger partial charge in [-0.25, -0.2) is 0 Å². The van der Waals surface area contributed by atoms with Crippen molar-refractivity contribution in [2.75, 3.05) is 13.7 Å². The number of aliphatic hydroxyl groups is 1. The van der Waals surface area contributed by atoms with Crippen LogP contribution < -0.4 is 10.5 Å². The summed E-state index contributed by atoms with van der Waals surface area (Å²) in [5.74, 6) is 0.372. The highest BCUT2D eigenvalue weighted by atomic mass is 79.9. The summed E-state index contributed by atoms with van der Waals surface area (Å²) in [4.78, 5) is 0. The molecule has 3 N–H and O–H groups in total. The molecule has 0 amide bonds. The van der Waals surface area contributed by atoms with Crippen LogP contribution in [0.3, 0.4) is 0 Å². The SMILES string of the molecule is COc1ccc(Cl)cc1C(CN)C(O)c1cccc(Br)c1. The number of rotatable bonds is 5. The standard InChI is InChI=1S/C16H17BrClNO2/c1-21-15-6-5-12(18)8-13(15)14(9-19)16(20)10-3-2-4-11(17)7-10/h2-8,14,16,20H,9,19H2,1H3. The van der Waals surface area contributed by atoms with E-state index < -0.39 is 6.10 Å². The van der Waals surface area contributed by atoms with Gasteiger partial charge < -0.3 is 15.6 Å². The largest absolute Gasteiger partial charge is 0.496 e. The molecule has 0 bridgehead atoms. The van der Waals surface area contributed by atoms with Gasteiger partial charge in [0.1, 0.15) is 5.75 Å². The van der Waals surface area contributed by atoms with Gasteiger partial charge in [0.2, 0.25) is 0 Å². The van der Waals surface area contributed by atoms with Gasteiger partial charge in [-0.2, -0.15) is 0 Å². The Morgan fingerprint density at radius 1 is 1.29 bits per heavy atom. The molecule has 0 aromatic heterocycles. The number of nitrogens with two attached hydrogens (primary N) is 1. The fraction of sp³-hybridized carbons (Fsp3) is 0.250. The summed E-state index contributed by atoms with van der Waals surface area (Å²) in [6.07, 6.45) is -0.736. The molecule has 2 rings (SSSR count). The van der Waals surface area contributed by atoms with Crippen molar-refractivity contribution in [3.8, 4) is 5.75 Å². The van der Waals surface area contributed by atoms with E-state index in [1.807, 2.05) is 24.3 Å². The maximum absolute atomic E-state index is 10.7. The first kappa shape index (κ1) is 16.3. The number of aliphatic hydroxyl groups excluding tert-OH is 1. The summed E-state index contributed by atoms with van der Waals surface area (Å²) < 4.78 is 6.27. The number of hydrogen-bond acceptors (Lipinski definition) is 3. The first-order valence-electron chi connectivity index (χ1n) is 6.54. The smallest absolute Gasteiger partial charge is 0.122 e. The number of halogens is 2. The van der Waals surface area contributed by atoms with Gasteiger partial charge in [-0.15, -0.1) is 0 Å². The van der Waals surface area contributed by atoms with Gasteiger partial charge in [0.05, 0.1) is 13.2 Å². The molecular formula is C16H17BrClNO2. The fourth-order valence-corrected chi connectivity index (χ4v) is 2.94. The maximum Gasteiger partial charge on any atom is 0.122 e. The highest BCUT2D eigenvalue weighted by Crippen LogP contribution is 2.37. The Hall–Kier alpha value is -1.07. The molecule has 2 unspecified atom stereocenters. The van der Waals surface area contributed by atoms with Crippen molar-refractivity contribution in [1.82, 2.24) is 0 Å². The van der Waals surface area contributed by atoms with Crippen LogP contribution in [0.5, 0.6) is 5.75 Å². The number of benzene rings is 2. The predicted octanol–water partition coefficient (Wildman–Crippen LogP) is 3.89. The third kappa shape index (κ3) is 3.77. The molecule has 112 valence electrons. The van der Waals surface area contributed by atoms with Gasteiger partial charge in [-0.1, -0.05) is 39.7 Å². The zero-order valence-electron chi connectivity index (χ0n) is 11.6. The topological polar surface area (TPSA) is 55.5 Å². The van der Waals surface area contributed by atoms with Crippen molar-refractivity contribution < 1.29 is 9.84 Å². The lowest BCUT2D eigenvalue weighted by Gasteiger charge is -2.24. The van der Waals surface area contributed by atoms with Crippen molar-refractivity contribution in [2.24, 2.45) is 5.73 Å². The molecular weight excluding hydrogens is 354 g/mol. The van der Waals surface area contributed by atoms with Gasteiger partial charge in [0.15, 0.2) is 0 Å². The van der Waals surface area contributed by atoms with E-state index in [2.05, 4.69) is 15.9 Å². The molecule has 5 heteroatoms. The molecule has 21 heavy (non-hydrogen) atoms. The minimum absolute atomic E-state index is 0.282. The normalized spacial score (nSPS) is 13.8. The van der Waals surface area contributed by atoms with Crippen LogP contribution in [0.15, 0.2) is 46.9 Å². The van der Waals surface area contributed by atoms with Crippen molar-refractivity contribution in [1.29, 1.82) is 0 Å². The minimum atomic E-state index is -0.736. The molecule has 3 nitrogen and oxygen atoms in total. The van der Waals surface area contributed by atoms with Crippen LogP contribution in [0, 0.1) is 0 Å². The Morgan fingerprint density at radius 3 is 2.67 bits per heavy atom. The quantitative estimate of drug-likeness (QED) is 0.839. The third-order valence-electron chi connectivity index (χ3n) is 3.42. The van der Waals surface area contributed by atoms with E-state index >= 15 is 0 Å². The van der Waals surface area contributed by atoms with Crippen LogP contribution >= 0.6 is 27.5 Å². The first-order chi connectivity index (χ1) is 10.1. The van der Waals surface area contributed by atoms with Crippen LogP contribution in [0.4, 0.5) is 0 Å². The van der Waals surface area contributed by atoms with Crippen molar-refractivity contribution in [3.63, 3.8) is 0 Å². The molecule has 0 spiro atoms. The first-order valence-corrected chi connectivity index (χ1v) is 7.71. The molecule has 2 aromatic rings. The summed E-state index contributed by atoms with van der Waals surface area (Å²) in [6.45, 7) is 0.282. The Labute approximate surface area is 137 Å². The average molecular weight is 371 g/mol. The number of hydrogen-bond donors (Lipinski definition) is 2. The van der Waals surface area contributed by atoms with Gasteiger partial charge in [-0.3, -0.25) is 0 Å². The molecule has 2 aromatic carbocycles. The number of methoxy groups -OCH3 is 1. The lowest BCUT2D eigenvalue weighted by molar-refractivity contribution is 0.146. The molecule has 0 radical (unpaired) electrons. The Balaban J connectivity index is 2.41. The van der Waals surface area contributed by atoms with E-state index in [1.165, 1.54) is 0 Å². The zero-order chi connectivity index (χ0) is 15.4. The van der Waals surface area contributed by atoms with Crippen LogP contribution in [-0.4, -0.2) is 18.8 Å². The fourth-order valence-electron chi connectivity index (χ4n) is 2.34. The summed E-state index contributed by atoms with van der Waals surface area (Å²) in [5, 5.41) is 11.3. The van der Waals surface area contributed by atoms with E-state index in [0.717, 1.165) is 15.6 Å². The van der Waals surface area contributed by atoms with Gasteiger partial charge in [0.25, 0.3) is 0 Å². The monoisotopic (exact) mass is 369 g/mol. The van der Waals surface area contributed by atoms with E-state index in [1.54, 1.807) is 25.3 Å². The highest BCUT2D eigenvalue weighted by molar-refractivity contribution is 9.10. The van der Waals surface area contributed by atoms with E-state index in [-0.39, 0.29) is 12.5 Å². The number of ether oxygens (including phenoxy) is 1. The molecule has 0 saturated carbocycles. The van der Waals surface area contributed by atoms with Gasteiger partial charge >= 0.3 is 0 Å². The van der Waals surface area contributed by atoms with Gasteiger partial charge in [-0.05, 0) is 35.9 Å². The van der Waals surface area contributed by atoms with Crippen molar-refractivity contribution >= 4 is 27.5 Å². The lowest BCUT2D eigenvalue weighted by atomic mass is 9.88. The summed E-state index contributed by atoms with van der Waals surface area (Å²) in [5.41, 5.74) is 7.48. The Bertz CT molecular complexity index is 621. The highest BCUT2D eigenvalue weighted by Gasteiger charge is 2.25. The molecule has 0 aliphatic carbocycles. The Kier molecular flexibility index (Phi) is 5.65. The second-order valence-corrected chi connectivity index (χ2v) is 6.08. The minimum Gasteiger partial charge on any atom is -0.496 e. The summed E-state index contributed by atoms with van der Waals surface area (Å²) in [6, 6.07) is 12.9. The van der Waals surface area contributed by atoms with E-state index in [0.29, 0.717) is 10.8 Å². The van der Waals surface area contributed by atoms with Crippen molar-refractivity contribution in [3.05, 3.63) is 63.1 Å². The van der Waals surface area contributed by atoms with Crippen LogP contribution in [0.2, 0.25) is 5.02 Å². The molecule has 2 atom stereocenters. The summed E-state index contributed by atoms with van der Waals surface area (Å²) in [7, 11) is 1.59. The molecule has 0 aliphatic rings. The van der Waals surface area contributed by atoms with Crippen LogP contribution in [0.1, 0.15) is 23.1 Å². The second-order valence-electron chi connectivity index (χ2n) is 4.73. The van der Waals surface area contributed by atoms with E-state index in [4.69, 9.17) is 22.1 Å². The zero-order valence-corrected chi connectivity index (χ0v) is 13.9. The van der Waals surface area contributed by atoms with E-state index in [9.17, 15) is 5.11 Å². The molecule has 0 fully saturated rings. The second kappa shape index (κ2) is 7.27.